The van der Waals surface area contributed by atoms with Crippen LogP contribution >= 0.6 is 0 Å². The quantitative estimate of drug-likeness (QED) is 0.875. The first-order valence-electron chi connectivity index (χ1n) is 5.68. The molecule has 2 N–H and O–H groups in total. The molecular formula is C14H12F2N2O. The van der Waals surface area contributed by atoms with Crippen molar-refractivity contribution in [3.63, 3.8) is 0 Å². The highest BCUT2D eigenvalue weighted by atomic mass is 19.1. The Labute approximate surface area is 109 Å². The first-order chi connectivity index (χ1) is 9.13. The molecule has 0 saturated heterocycles. The summed E-state index contributed by atoms with van der Waals surface area (Å²) >= 11 is 0. The van der Waals surface area contributed by atoms with E-state index < -0.39 is 11.8 Å². The number of benzene rings is 2. The molecule has 0 spiro atoms. The van der Waals surface area contributed by atoms with E-state index in [4.69, 9.17) is 0 Å². The summed E-state index contributed by atoms with van der Waals surface area (Å²) in [5, 5.41) is 5.09. The van der Waals surface area contributed by atoms with E-state index in [2.05, 4.69) is 10.6 Å². The summed E-state index contributed by atoms with van der Waals surface area (Å²) in [4.78, 5) is 11.5. The predicted octanol–water partition coefficient (Wildman–Crippen LogP) is 3.29. The van der Waals surface area contributed by atoms with Crippen LogP contribution in [0.2, 0.25) is 0 Å². The number of urea groups is 1. The van der Waals surface area contributed by atoms with Gasteiger partial charge in [0.1, 0.15) is 11.6 Å². The molecule has 0 aliphatic carbocycles. The fraction of sp³-hybridized carbons (Fsp3) is 0.0714. The molecule has 0 unspecified atom stereocenters. The predicted molar refractivity (Wildman–Crippen MR) is 68.7 cm³/mol. The largest absolute Gasteiger partial charge is 0.334 e. The van der Waals surface area contributed by atoms with Gasteiger partial charge in [-0.25, -0.2) is 13.6 Å². The second kappa shape index (κ2) is 5.95. The van der Waals surface area contributed by atoms with Crippen molar-refractivity contribution in [2.45, 2.75) is 6.54 Å². The Morgan fingerprint density at radius 1 is 1.00 bits per heavy atom. The Hall–Kier alpha value is -2.43. The molecule has 19 heavy (non-hydrogen) atoms. The van der Waals surface area contributed by atoms with Crippen molar-refractivity contribution in [3.05, 3.63) is 65.7 Å². The van der Waals surface area contributed by atoms with Crippen LogP contribution in [-0.2, 0) is 6.54 Å². The van der Waals surface area contributed by atoms with E-state index in [9.17, 15) is 13.6 Å². The standard InChI is InChI=1S/C14H12F2N2O/c15-11-6-4-10(5-7-11)9-17-14(19)18-13-3-1-2-12(16)8-13/h1-8H,9H2,(H2,17,18,19). The molecule has 0 aliphatic rings. The van der Waals surface area contributed by atoms with Crippen molar-refractivity contribution in [3.8, 4) is 0 Å². The molecule has 2 aromatic rings. The first-order valence-corrected chi connectivity index (χ1v) is 5.68. The average molecular weight is 262 g/mol. The summed E-state index contributed by atoms with van der Waals surface area (Å²) in [5.41, 5.74) is 1.15. The number of rotatable bonds is 3. The molecule has 0 saturated carbocycles. The van der Waals surface area contributed by atoms with Crippen molar-refractivity contribution in [2.24, 2.45) is 0 Å². The van der Waals surface area contributed by atoms with Crippen molar-refractivity contribution in [1.29, 1.82) is 0 Å². The van der Waals surface area contributed by atoms with E-state index in [-0.39, 0.29) is 12.4 Å². The van der Waals surface area contributed by atoms with Crippen molar-refractivity contribution in [1.82, 2.24) is 5.32 Å². The summed E-state index contributed by atoms with van der Waals surface area (Å²) < 4.78 is 25.6. The smallest absolute Gasteiger partial charge is 0.319 e. The Morgan fingerprint density at radius 2 is 1.74 bits per heavy atom. The first kappa shape index (κ1) is 13.0. The van der Waals surface area contributed by atoms with Crippen LogP contribution in [0.1, 0.15) is 5.56 Å². The summed E-state index contributed by atoms with van der Waals surface area (Å²) in [5.74, 6) is -0.746. The normalized spacial score (nSPS) is 10.0. The number of carbonyl (C=O) groups excluding carboxylic acids is 1. The van der Waals surface area contributed by atoms with Crippen molar-refractivity contribution < 1.29 is 13.6 Å². The van der Waals surface area contributed by atoms with Crippen LogP contribution in [0, 0.1) is 11.6 Å². The number of halogens is 2. The van der Waals surface area contributed by atoms with Crippen molar-refractivity contribution in [2.75, 3.05) is 5.32 Å². The molecule has 2 aromatic carbocycles. The zero-order chi connectivity index (χ0) is 13.7. The lowest BCUT2D eigenvalue weighted by molar-refractivity contribution is 0.251. The van der Waals surface area contributed by atoms with E-state index in [1.165, 1.54) is 30.3 Å². The zero-order valence-electron chi connectivity index (χ0n) is 9.99. The summed E-state index contributed by atoms with van der Waals surface area (Å²) in [6.45, 7) is 0.265. The third kappa shape index (κ3) is 4.06. The highest BCUT2D eigenvalue weighted by molar-refractivity contribution is 5.89. The Morgan fingerprint density at radius 3 is 2.42 bits per heavy atom. The number of anilines is 1. The molecule has 0 fully saturated rings. The van der Waals surface area contributed by atoms with Gasteiger partial charge in [0.2, 0.25) is 0 Å². The monoisotopic (exact) mass is 262 g/mol. The summed E-state index contributed by atoms with van der Waals surface area (Å²) in [7, 11) is 0. The SMILES string of the molecule is O=C(NCc1ccc(F)cc1)Nc1cccc(F)c1. The second-order valence-corrected chi connectivity index (χ2v) is 3.94. The molecule has 0 radical (unpaired) electrons. The Kier molecular flexibility index (Phi) is 4.07. The molecule has 0 aromatic heterocycles. The van der Waals surface area contributed by atoms with Gasteiger partial charge in [0.25, 0.3) is 0 Å². The topological polar surface area (TPSA) is 41.1 Å². The summed E-state index contributed by atoms with van der Waals surface area (Å²) in [6, 6.07) is 11.0. The Balaban J connectivity index is 1.86. The fourth-order valence-electron chi connectivity index (χ4n) is 1.53. The van der Waals surface area contributed by atoms with Gasteiger partial charge in [-0.3, -0.25) is 0 Å². The van der Waals surface area contributed by atoms with Gasteiger partial charge in [0, 0.05) is 12.2 Å². The molecular weight excluding hydrogens is 250 g/mol. The van der Waals surface area contributed by atoms with Gasteiger partial charge in [-0.2, -0.15) is 0 Å². The molecule has 98 valence electrons. The minimum Gasteiger partial charge on any atom is -0.334 e. The minimum atomic E-state index is -0.449. The van der Waals surface area contributed by atoms with Gasteiger partial charge >= 0.3 is 6.03 Å². The Bertz CT molecular complexity index is 570. The van der Waals surface area contributed by atoms with Crippen LogP contribution in [-0.4, -0.2) is 6.03 Å². The van der Waals surface area contributed by atoms with E-state index in [1.54, 1.807) is 18.2 Å². The lowest BCUT2D eigenvalue weighted by Crippen LogP contribution is -2.28. The second-order valence-electron chi connectivity index (χ2n) is 3.94. The van der Waals surface area contributed by atoms with Gasteiger partial charge in [0.05, 0.1) is 0 Å². The van der Waals surface area contributed by atoms with Crippen LogP contribution in [0.3, 0.4) is 0 Å². The lowest BCUT2D eigenvalue weighted by atomic mass is 10.2. The van der Waals surface area contributed by atoms with Crippen molar-refractivity contribution >= 4 is 11.7 Å². The average Bonchev–Trinajstić information content (AvgIpc) is 2.38. The number of hydrogen-bond donors (Lipinski definition) is 2. The van der Waals surface area contributed by atoms with Crippen LogP contribution in [0.5, 0.6) is 0 Å². The number of nitrogens with one attached hydrogen (secondary N) is 2. The third-order valence-corrected chi connectivity index (χ3v) is 2.45. The molecule has 2 amide bonds. The number of amides is 2. The fourth-order valence-corrected chi connectivity index (χ4v) is 1.53. The van der Waals surface area contributed by atoms with Gasteiger partial charge in [-0.1, -0.05) is 18.2 Å². The highest BCUT2D eigenvalue weighted by Gasteiger charge is 2.02. The maximum atomic E-state index is 12.9. The van der Waals surface area contributed by atoms with E-state index in [1.807, 2.05) is 0 Å². The van der Waals surface area contributed by atoms with Crippen LogP contribution < -0.4 is 10.6 Å². The molecule has 3 nitrogen and oxygen atoms in total. The van der Waals surface area contributed by atoms with Crippen LogP contribution in [0.25, 0.3) is 0 Å². The maximum Gasteiger partial charge on any atom is 0.319 e. The maximum absolute atomic E-state index is 12.9. The van der Waals surface area contributed by atoms with E-state index >= 15 is 0 Å². The highest BCUT2D eigenvalue weighted by Crippen LogP contribution is 2.08. The number of hydrogen-bond acceptors (Lipinski definition) is 1. The summed E-state index contributed by atoms with van der Waals surface area (Å²) in [6.07, 6.45) is 0. The molecule has 0 bridgehead atoms. The van der Waals surface area contributed by atoms with E-state index in [0.717, 1.165) is 5.56 Å². The molecule has 2 rings (SSSR count). The van der Waals surface area contributed by atoms with Gasteiger partial charge in [-0.05, 0) is 35.9 Å². The molecule has 0 atom stereocenters. The van der Waals surface area contributed by atoms with Crippen LogP contribution in [0.15, 0.2) is 48.5 Å². The molecule has 5 heteroatoms. The van der Waals surface area contributed by atoms with Gasteiger partial charge in [-0.15, -0.1) is 0 Å². The van der Waals surface area contributed by atoms with E-state index in [0.29, 0.717) is 5.69 Å². The molecule has 0 heterocycles. The number of carbonyl (C=O) groups is 1. The van der Waals surface area contributed by atoms with Gasteiger partial charge < -0.3 is 10.6 Å². The zero-order valence-corrected chi connectivity index (χ0v) is 9.99. The van der Waals surface area contributed by atoms with Crippen LogP contribution in [0.4, 0.5) is 19.3 Å². The lowest BCUT2D eigenvalue weighted by Gasteiger charge is -2.07. The third-order valence-electron chi connectivity index (χ3n) is 2.45. The molecule has 0 aliphatic heterocycles. The van der Waals surface area contributed by atoms with Gasteiger partial charge in [0.15, 0.2) is 0 Å². The minimum absolute atomic E-state index is 0.265.